The Labute approximate surface area is 226 Å². The number of benzene rings is 2. The van der Waals surface area contributed by atoms with Crippen molar-refractivity contribution in [1.82, 2.24) is 19.6 Å². The zero-order valence-electron chi connectivity index (χ0n) is 22.1. The highest BCUT2D eigenvalue weighted by Crippen LogP contribution is 2.41. The van der Waals surface area contributed by atoms with E-state index in [0.717, 1.165) is 12.0 Å². The van der Waals surface area contributed by atoms with Crippen LogP contribution in [0, 0.1) is 0 Å². The summed E-state index contributed by atoms with van der Waals surface area (Å²) in [6, 6.07) is 8.43. The van der Waals surface area contributed by atoms with Crippen LogP contribution in [-0.4, -0.2) is 57.8 Å². The molecule has 0 radical (unpaired) electrons. The lowest BCUT2D eigenvalue weighted by Crippen LogP contribution is -2.53. The molecule has 12 heteroatoms. The highest BCUT2D eigenvalue weighted by atomic mass is 32.2. The Bertz CT molecular complexity index is 1480. The summed E-state index contributed by atoms with van der Waals surface area (Å²) >= 11 is 0. The summed E-state index contributed by atoms with van der Waals surface area (Å²) in [6.45, 7) is 5.23. The Morgan fingerprint density at radius 2 is 1.87 bits per heavy atom. The average Bonchev–Trinajstić information content (AvgIpc) is 3.30. The number of aromatic nitrogens is 2. The minimum Gasteiger partial charge on any atom is -0.485 e. The Kier molecular flexibility index (Phi) is 7.82. The molecule has 1 amide bonds. The quantitative estimate of drug-likeness (QED) is 0.311. The Morgan fingerprint density at radius 1 is 1.18 bits per heavy atom. The van der Waals surface area contributed by atoms with E-state index in [4.69, 9.17) is 4.74 Å². The molecule has 208 valence electrons. The molecule has 2 heterocycles. The molecule has 4 rings (SSSR count). The summed E-state index contributed by atoms with van der Waals surface area (Å²) in [5, 5.41) is 23.3. The standard InChI is InChI=1S/C27H32N4O7S/c1-5-16-6-9-19(10-7-16)39(36,37)30-23-20-12-17(8-11-22(20)38-27(2,3)24(23)32)25(33)29-21(26(34)35)13-18-14-28-15-31(18)4/h6-12,14-15,21,23-24,30,32H,5,13H2,1-4H3,(H,29,33)(H,34,35). The molecule has 3 unspecified atom stereocenters. The van der Waals surface area contributed by atoms with Crippen LogP contribution in [0.25, 0.3) is 0 Å². The third-order valence-corrected chi connectivity index (χ3v) is 8.32. The predicted molar refractivity (Wildman–Crippen MR) is 142 cm³/mol. The van der Waals surface area contributed by atoms with Gasteiger partial charge in [0.25, 0.3) is 5.91 Å². The van der Waals surface area contributed by atoms with Crippen LogP contribution < -0.4 is 14.8 Å². The molecule has 0 saturated heterocycles. The van der Waals surface area contributed by atoms with Gasteiger partial charge >= 0.3 is 5.97 Å². The van der Waals surface area contributed by atoms with Crippen LogP contribution in [0.4, 0.5) is 0 Å². The SMILES string of the molecule is CCc1ccc(S(=O)(=O)NC2c3cc(C(=O)NC(Cc4cncn4C)C(=O)O)ccc3OC(C)(C)C2O)cc1. The summed E-state index contributed by atoms with van der Waals surface area (Å²) in [5.74, 6) is -1.60. The fourth-order valence-electron chi connectivity index (χ4n) is 4.44. The lowest BCUT2D eigenvalue weighted by atomic mass is 9.86. The van der Waals surface area contributed by atoms with Crippen LogP contribution in [0.15, 0.2) is 59.9 Å². The van der Waals surface area contributed by atoms with Gasteiger partial charge in [0, 0.05) is 36.5 Å². The van der Waals surface area contributed by atoms with Crippen LogP contribution in [0.5, 0.6) is 5.75 Å². The van der Waals surface area contributed by atoms with E-state index < -0.39 is 45.7 Å². The van der Waals surface area contributed by atoms with Gasteiger partial charge in [-0.25, -0.2) is 22.9 Å². The number of aryl methyl sites for hydroxylation is 2. The smallest absolute Gasteiger partial charge is 0.326 e. The molecule has 1 aliphatic rings. The molecule has 3 atom stereocenters. The number of amides is 1. The van der Waals surface area contributed by atoms with Crippen LogP contribution in [0.1, 0.15) is 54.0 Å². The van der Waals surface area contributed by atoms with Crippen molar-refractivity contribution in [3.8, 4) is 5.75 Å². The van der Waals surface area contributed by atoms with E-state index in [-0.39, 0.29) is 22.4 Å². The number of imidazole rings is 1. The largest absolute Gasteiger partial charge is 0.485 e. The van der Waals surface area contributed by atoms with Crippen molar-refractivity contribution >= 4 is 21.9 Å². The van der Waals surface area contributed by atoms with E-state index in [2.05, 4.69) is 15.0 Å². The number of ether oxygens (including phenoxy) is 1. The number of sulfonamides is 1. The van der Waals surface area contributed by atoms with E-state index in [9.17, 15) is 28.2 Å². The Morgan fingerprint density at radius 3 is 2.46 bits per heavy atom. The minimum absolute atomic E-state index is 0.0117. The van der Waals surface area contributed by atoms with Gasteiger partial charge in [-0.2, -0.15) is 0 Å². The molecule has 3 aromatic rings. The van der Waals surface area contributed by atoms with Crippen molar-refractivity contribution in [2.75, 3.05) is 0 Å². The first-order valence-electron chi connectivity index (χ1n) is 12.4. The van der Waals surface area contributed by atoms with Gasteiger partial charge in [0.15, 0.2) is 0 Å². The number of aliphatic carboxylic acids is 1. The third-order valence-electron chi connectivity index (χ3n) is 6.87. The summed E-state index contributed by atoms with van der Waals surface area (Å²) in [7, 11) is -2.34. The van der Waals surface area contributed by atoms with E-state index in [1.807, 2.05) is 6.92 Å². The predicted octanol–water partition coefficient (Wildman–Crippen LogP) is 1.96. The fraction of sp³-hybridized carbons (Fsp3) is 0.370. The summed E-state index contributed by atoms with van der Waals surface area (Å²) in [6.07, 6.45) is 2.52. The number of fused-ring (bicyclic) bond motifs is 1. The number of aliphatic hydroxyl groups is 1. The van der Waals surface area contributed by atoms with Crippen molar-refractivity contribution < 1.29 is 33.0 Å². The number of nitrogens with zero attached hydrogens (tertiary/aromatic N) is 2. The van der Waals surface area contributed by atoms with Crippen LogP contribution in [-0.2, 0) is 34.7 Å². The van der Waals surface area contributed by atoms with Gasteiger partial charge in [0.05, 0.1) is 17.3 Å². The maximum atomic E-state index is 13.3. The number of carboxylic acid groups (broad SMARTS) is 1. The molecular weight excluding hydrogens is 524 g/mol. The summed E-state index contributed by atoms with van der Waals surface area (Å²) < 4.78 is 36.7. The highest BCUT2D eigenvalue weighted by molar-refractivity contribution is 7.89. The van der Waals surface area contributed by atoms with Crippen LogP contribution in [0.2, 0.25) is 0 Å². The number of aliphatic hydroxyl groups excluding tert-OH is 1. The van der Waals surface area contributed by atoms with Crippen molar-refractivity contribution in [2.24, 2.45) is 7.05 Å². The average molecular weight is 557 g/mol. The molecule has 0 spiro atoms. The van der Waals surface area contributed by atoms with Crippen molar-refractivity contribution in [2.45, 2.75) is 62.3 Å². The molecule has 2 aromatic carbocycles. The molecule has 0 bridgehead atoms. The maximum absolute atomic E-state index is 13.3. The monoisotopic (exact) mass is 556 g/mol. The second kappa shape index (κ2) is 10.8. The third kappa shape index (κ3) is 5.97. The van der Waals surface area contributed by atoms with Gasteiger partial charge in [0.1, 0.15) is 23.5 Å². The van der Waals surface area contributed by atoms with E-state index in [1.54, 1.807) is 37.6 Å². The molecule has 1 aliphatic heterocycles. The van der Waals surface area contributed by atoms with E-state index >= 15 is 0 Å². The second-order valence-electron chi connectivity index (χ2n) is 10.1. The first-order valence-corrected chi connectivity index (χ1v) is 13.9. The molecule has 1 aromatic heterocycles. The molecule has 11 nitrogen and oxygen atoms in total. The molecular formula is C27H32N4O7S. The lowest BCUT2D eigenvalue weighted by Gasteiger charge is -2.42. The number of carboxylic acids is 1. The first kappa shape index (κ1) is 28.3. The number of nitrogens with one attached hydrogen (secondary N) is 2. The normalized spacial score (nSPS) is 19.0. The van der Waals surface area contributed by atoms with Gasteiger partial charge < -0.3 is 24.8 Å². The number of carbonyl (C=O) groups is 2. The van der Waals surface area contributed by atoms with Crippen LogP contribution >= 0.6 is 0 Å². The minimum atomic E-state index is -4.06. The fourth-order valence-corrected chi connectivity index (χ4v) is 5.66. The molecule has 39 heavy (non-hydrogen) atoms. The number of rotatable bonds is 9. The second-order valence-corrected chi connectivity index (χ2v) is 11.8. The zero-order chi connectivity index (χ0) is 28.5. The van der Waals surface area contributed by atoms with Gasteiger partial charge in [-0.3, -0.25) is 4.79 Å². The van der Waals surface area contributed by atoms with Gasteiger partial charge in [0.2, 0.25) is 10.0 Å². The van der Waals surface area contributed by atoms with E-state index in [0.29, 0.717) is 11.4 Å². The van der Waals surface area contributed by atoms with Crippen LogP contribution in [0.3, 0.4) is 0 Å². The van der Waals surface area contributed by atoms with Gasteiger partial charge in [-0.1, -0.05) is 19.1 Å². The van der Waals surface area contributed by atoms with Gasteiger partial charge in [-0.15, -0.1) is 0 Å². The van der Waals surface area contributed by atoms with Crippen molar-refractivity contribution in [3.05, 3.63) is 77.4 Å². The lowest BCUT2D eigenvalue weighted by molar-refractivity contribution is -0.139. The molecule has 0 saturated carbocycles. The maximum Gasteiger partial charge on any atom is 0.326 e. The molecule has 0 aliphatic carbocycles. The summed E-state index contributed by atoms with van der Waals surface area (Å²) in [4.78, 5) is 29.0. The summed E-state index contributed by atoms with van der Waals surface area (Å²) in [5.41, 5.74) is 0.783. The van der Waals surface area contributed by atoms with Crippen molar-refractivity contribution in [3.63, 3.8) is 0 Å². The van der Waals surface area contributed by atoms with Gasteiger partial charge in [-0.05, 0) is 56.2 Å². The zero-order valence-corrected chi connectivity index (χ0v) is 22.9. The number of hydrogen-bond donors (Lipinski definition) is 4. The topological polar surface area (TPSA) is 160 Å². The first-order chi connectivity index (χ1) is 18.3. The molecule has 4 N–H and O–H groups in total. The Hall–Kier alpha value is -3.74. The molecule has 0 fully saturated rings. The Balaban J connectivity index is 1.64. The van der Waals surface area contributed by atoms with Crippen molar-refractivity contribution in [1.29, 1.82) is 0 Å². The number of hydrogen-bond acceptors (Lipinski definition) is 7. The highest BCUT2D eigenvalue weighted by Gasteiger charge is 2.45. The van der Waals surface area contributed by atoms with E-state index in [1.165, 1.54) is 42.9 Å². The number of carbonyl (C=O) groups excluding carboxylic acids is 1.